The molecular weight excluding hydrogens is 330 g/mol. The number of halogens is 1. The predicted octanol–water partition coefficient (Wildman–Crippen LogP) is 3.87. The number of ether oxygens (including phenoxy) is 4. The lowest BCUT2D eigenvalue weighted by Crippen LogP contribution is -2.41. The van der Waals surface area contributed by atoms with Crippen LogP contribution in [0.25, 0.3) is 11.1 Å². The summed E-state index contributed by atoms with van der Waals surface area (Å²) < 4.78 is 21.8. The maximum Gasteiger partial charge on any atom is 0.342 e. The van der Waals surface area contributed by atoms with Crippen molar-refractivity contribution < 1.29 is 18.9 Å². The highest BCUT2D eigenvalue weighted by atomic mass is 35.5. The van der Waals surface area contributed by atoms with Gasteiger partial charge in [0, 0.05) is 5.56 Å². The summed E-state index contributed by atoms with van der Waals surface area (Å²) in [5.74, 6) is 0.371. The molecule has 0 fully saturated rings. The Morgan fingerprint density at radius 1 is 1.00 bits per heavy atom. The van der Waals surface area contributed by atoms with E-state index in [2.05, 4.69) is 5.32 Å². The first kappa shape index (κ1) is 16.5. The van der Waals surface area contributed by atoms with Gasteiger partial charge in [-0.2, -0.15) is 0 Å². The van der Waals surface area contributed by atoms with Crippen LogP contribution in [0.4, 0.5) is 0 Å². The molecule has 0 amide bonds. The van der Waals surface area contributed by atoms with E-state index in [9.17, 15) is 0 Å². The van der Waals surface area contributed by atoms with Crippen LogP contribution in [0.5, 0.6) is 11.5 Å². The molecule has 1 heterocycles. The number of benzene rings is 2. The minimum absolute atomic E-state index is 0.510. The van der Waals surface area contributed by atoms with E-state index < -0.39 is 5.91 Å². The zero-order chi connectivity index (χ0) is 17.2. The summed E-state index contributed by atoms with van der Waals surface area (Å²) in [5, 5.41) is 3.51. The van der Waals surface area contributed by atoms with Crippen LogP contribution in [0, 0.1) is 0 Å². The Hall–Kier alpha value is -2.37. The van der Waals surface area contributed by atoms with Crippen LogP contribution in [0.2, 0.25) is 5.02 Å². The van der Waals surface area contributed by atoms with E-state index in [-0.39, 0.29) is 0 Å². The van der Waals surface area contributed by atoms with Crippen molar-refractivity contribution in [2.75, 3.05) is 21.3 Å². The molecule has 2 aromatic rings. The van der Waals surface area contributed by atoms with Crippen molar-refractivity contribution in [1.29, 1.82) is 0 Å². The summed E-state index contributed by atoms with van der Waals surface area (Å²) in [6.07, 6.45) is 2.96. The second-order valence-corrected chi connectivity index (χ2v) is 5.54. The molecule has 6 heteroatoms. The maximum absolute atomic E-state index is 6.50. The highest BCUT2D eigenvalue weighted by Gasteiger charge is 2.38. The van der Waals surface area contributed by atoms with Crippen molar-refractivity contribution in [3.05, 3.63) is 59.5 Å². The zero-order valence-corrected chi connectivity index (χ0v) is 14.4. The molecule has 0 aliphatic carbocycles. The molecule has 0 bridgehead atoms. The van der Waals surface area contributed by atoms with Crippen molar-refractivity contribution in [1.82, 2.24) is 5.32 Å². The molecule has 0 saturated heterocycles. The molecule has 5 nitrogen and oxygen atoms in total. The van der Waals surface area contributed by atoms with E-state index in [1.807, 2.05) is 36.4 Å². The third-order valence-electron chi connectivity index (χ3n) is 3.89. The van der Waals surface area contributed by atoms with Gasteiger partial charge in [0.2, 0.25) is 0 Å². The van der Waals surface area contributed by atoms with Crippen LogP contribution in [0.3, 0.4) is 0 Å². The van der Waals surface area contributed by atoms with Gasteiger partial charge < -0.3 is 18.9 Å². The molecule has 0 spiro atoms. The predicted molar refractivity (Wildman–Crippen MR) is 92.0 cm³/mol. The van der Waals surface area contributed by atoms with Gasteiger partial charge >= 0.3 is 5.91 Å². The molecule has 0 radical (unpaired) electrons. The molecule has 1 aliphatic heterocycles. The topological polar surface area (TPSA) is 49.0 Å². The number of rotatable bonds is 5. The van der Waals surface area contributed by atoms with Gasteiger partial charge in [0.1, 0.15) is 24.0 Å². The van der Waals surface area contributed by atoms with Crippen LogP contribution in [-0.4, -0.2) is 21.3 Å². The number of hydrogen-bond acceptors (Lipinski definition) is 5. The molecule has 126 valence electrons. The van der Waals surface area contributed by atoms with Crippen LogP contribution in [0.15, 0.2) is 48.9 Å². The third kappa shape index (κ3) is 2.77. The van der Waals surface area contributed by atoms with Crippen molar-refractivity contribution in [2.45, 2.75) is 5.91 Å². The molecule has 0 saturated carbocycles. The lowest BCUT2D eigenvalue weighted by atomic mass is 10.0. The van der Waals surface area contributed by atoms with E-state index >= 15 is 0 Å². The molecule has 1 N–H and O–H groups in total. The fourth-order valence-corrected chi connectivity index (χ4v) is 2.95. The van der Waals surface area contributed by atoms with Gasteiger partial charge in [0.05, 0.1) is 24.8 Å². The first-order chi connectivity index (χ1) is 11.6. The SMILES string of the molecule is CNC1(c2ccc(-c3cc(OC)ccc3OC)cc2Cl)OC=CO1. The summed E-state index contributed by atoms with van der Waals surface area (Å²) >= 11 is 6.50. The minimum atomic E-state index is -1.10. The molecule has 24 heavy (non-hydrogen) atoms. The van der Waals surface area contributed by atoms with E-state index in [1.165, 1.54) is 12.5 Å². The van der Waals surface area contributed by atoms with E-state index in [4.69, 9.17) is 30.5 Å². The standard InChI is InChI=1S/C18H18ClNO4/c1-20-18(23-8-9-24-18)15-6-4-12(10-16(15)19)14-11-13(21-2)5-7-17(14)22-3/h4-11,20H,1-3H3. The molecular formula is C18H18ClNO4. The van der Waals surface area contributed by atoms with E-state index in [1.54, 1.807) is 21.3 Å². The van der Waals surface area contributed by atoms with E-state index in [0.29, 0.717) is 10.6 Å². The Balaban J connectivity index is 2.04. The van der Waals surface area contributed by atoms with Gasteiger partial charge in [-0.25, -0.2) is 5.32 Å². The molecule has 0 atom stereocenters. The number of methoxy groups -OCH3 is 2. The average Bonchev–Trinajstić information content (AvgIpc) is 3.11. The summed E-state index contributed by atoms with van der Waals surface area (Å²) in [4.78, 5) is 0. The third-order valence-corrected chi connectivity index (χ3v) is 4.21. The number of nitrogens with one attached hydrogen (secondary N) is 1. The molecule has 2 aromatic carbocycles. The second kappa shape index (κ2) is 6.63. The fourth-order valence-electron chi connectivity index (χ4n) is 2.64. The maximum atomic E-state index is 6.50. The largest absolute Gasteiger partial charge is 0.497 e. The van der Waals surface area contributed by atoms with Crippen LogP contribution in [0.1, 0.15) is 5.56 Å². The van der Waals surface area contributed by atoms with Crippen molar-refractivity contribution in [2.24, 2.45) is 0 Å². The normalized spacial score (nSPS) is 14.8. The smallest absolute Gasteiger partial charge is 0.342 e. The zero-order valence-electron chi connectivity index (χ0n) is 13.6. The molecule has 3 rings (SSSR count). The van der Waals surface area contributed by atoms with Crippen LogP contribution in [-0.2, 0) is 15.4 Å². The summed E-state index contributed by atoms with van der Waals surface area (Å²) in [5.41, 5.74) is 2.47. The Bertz CT molecular complexity index is 768. The van der Waals surface area contributed by atoms with Crippen LogP contribution >= 0.6 is 11.6 Å². The van der Waals surface area contributed by atoms with Gasteiger partial charge in [0.15, 0.2) is 0 Å². The van der Waals surface area contributed by atoms with Crippen LogP contribution < -0.4 is 14.8 Å². The van der Waals surface area contributed by atoms with Gasteiger partial charge in [0.25, 0.3) is 0 Å². The van der Waals surface area contributed by atoms with Gasteiger partial charge in [-0.3, -0.25) is 0 Å². The first-order valence-electron chi connectivity index (χ1n) is 7.35. The summed E-state index contributed by atoms with van der Waals surface area (Å²) in [6, 6.07) is 11.3. The Labute approximate surface area is 145 Å². The van der Waals surface area contributed by atoms with Gasteiger partial charge in [-0.05, 0) is 42.9 Å². The highest BCUT2D eigenvalue weighted by Crippen LogP contribution is 2.39. The summed E-state index contributed by atoms with van der Waals surface area (Å²) in [6.45, 7) is 0. The van der Waals surface area contributed by atoms with Crippen molar-refractivity contribution >= 4 is 11.6 Å². The summed E-state index contributed by atoms with van der Waals surface area (Å²) in [7, 11) is 4.99. The molecule has 0 aromatic heterocycles. The van der Waals surface area contributed by atoms with E-state index in [0.717, 1.165) is 22.6 Å². The molecule has 1 aliphatic rings. The lowest BCUT2D eigenvalue weighted by Gasteiger charge is -2.28. The minimum Gasteiger partial charge on any atom is -0.497 e. The quantitative estimate of drug-likeness (QED) is 0.889. The fraction of sp³-hybridized carbons (Fsp3) is 0.222. The number of hydrogen-bond donors (Lipinski definition) is 1. The monoisotopic (exact) mass is 347 g/mol. The molecule has 0 unspecified atom stereocenters. The van der Waals surface area contributed by atoms with Crippen molar-refractivity contribution in [3.63, 3.8) is 0 Å². The Morgan fingerprint density at radius 3 is 2.33 bits per heavy atom. The van der Waals surface area contributed by atoms with Gasteiger partial charge in [-0.15, -0.1) is 0 Å². The highest BCUT2D eigenvalue weighted by molar-refractivity contribution is 6.31. The average molecular weight is 348 g/mol. The lowest BCUT2D eigenvalue weighted by molar-refractivity contribution is -0.170. The Kier molecular flexibility index (Phi) is 4.55. The first-order valence-corrected chi connectivity index (χ1v) is 7.73. The second-order valence-electron chi connectivity index (χ2n) is 5.14. The van der Waals surface area contributed by atoms with Crippen molar-refractivity contribution in [3.8, 4) is 22.6 Å². The Morgan fingerprint density at radius 2 is 1.75 bits per heavy atom. The van der Waals surface area contributed by atoms with Gasteiger partial charge in [-0.1, -0.05) is 17.7 Å².